The molecule has 118 valence electrons. The van der Waals surface area contributed by atoms with E-state index in [2.05, 4.69) is 65.5 Å². The molecule has 0 aromatic carbocycles. The lowest BCUT2D eigenvalue weighted by atomic mass is 11.8. The monoisotopic (exact) mass is 339 g/mol. The maximum atomic E-state index is 8.66. The van der Waals surface area contributed by atoms with Crippen LogP contribution in [0.4, 0.5) is 0 Å². The molecule has 0 fully saturated rings. The van der Waals surface area contributed by atoms with Gasteiger partial charge in [0, 0.05) is 14.6 Å². The zero-order valence-corrected chi connectivity index (χ0v) is 19.6. The Hall–Kier alpha value is 0.658. The number of hydrogen-bond acceptors (Lipinski definition) is 2. The van der Waals surface area contributed by atoms with Gasteiger partial charge in [-0.15, -0.1) is 0 Å². The lowest BCUT2D eigenvalue weighted by Crippen LogP contribution is -2.40. The largest absolute Gasteiger partial charge is 0.433 e. The first-order valence-electron chi connectivity index (χ1n) is 6.99. The zero-order valence-electron chi connectivity index (χ0n) is 15.6. The third kappa shape index (κ3) is 117. The fourth-order valence-corrected chi connectivity index (χ4v) is 7.46. The Balaban J connectivity index is -0.000000219. The molecule has 0 amide bonds. The maximum absolute atomic E-state index is 8.66. The van der Waals surface area contributed by atoms with Gasteiger partial charge in [0.2, 0.25) is 0 Å². The highest BCUT2D eigenvalue weighted by atomic mass is 28.4. The molecule has 0 rings (SSSR count). The lowest BCUT2D eigenvalue weighted by molar-refractivity contribution is 0.560. The molecule has 0 saturated heterocycles. The van der Waals surface area contributed by atoms with E-state index in [1.54, 1.807) is 0 Å². The second kappa shape index (κ2) is 8.84. The van der Waals surface area contributed by atoms with E-state index in [1.807, 2.05) is 19.6 Å². The average Bonchev–Trinajstić information content (AvgIpc) is 1.63. The Bertz CT molecular complexity index is 181. The van der Waals surface area contributed by atoms with Gasteiger partial charge in [-0.2, -0.15) is 0 Å². The van der Waals surface area contributed by atoms with Crippen LogP contribution in [0.1, 0.15) is 0 Å². The van der Waals surface area contributed by atoms with Crippen LogP contribution in [0.2, 0.25) is 78.6 Å². The summed E-state index contributed by atoms with van der Waals surface area (Å²) in [6, 6.07) is 0. The zero-order chi connectivity index (χ0) is 16.7. The first-order valence-corrected chi connectivity index (χ1v) is 21.0. The molecule has 0 aromatic rings. The second-order valence-corrected chi connectivity index (χ2v) is 28.0. The Morgan fingerprint density at radius 1 is 0.684 bits per heavy atom. The van der Waals surface area contributed by atoms with Gasteiger partial charge < -0.3 is 8.91 Å². The molecule has 0 saturated carbocycles. The summed E-state index contributed by atoms with van der Waals surface area (Å²) in [5.74, 6) is 0. The quantitative estimate of drug-likeness (QED) is 0.554. The summed E-state index contributed by atoms with van der Waals surface area (Å²) < 4.78 is 5.79. The summed E-state index contributed by atoms with van der Waals surface area (Å²) in [6.07, 6.45) is 0. The molecule has 0 unspecified atom stereocenters. The average molecular weight is 340 g/mol. The van der Waals surface area contributed by atoms with Crippen LogP contribution < -0.4 is 0 Å². The van der Waals surface area contributed by atoms with Crippen molar-refractivity contribution in [2.75, 3.05) is 0 Å². The third-order valence-electron chi connectivity index (χ3n) is 0.582. The number of hydrogen-bond donors (Lipinski definition) is 1. The molecule has 0 aliphatic carbocycles. The van der Waals surface area contributed by atoms with Gasteiger partial charge in [0.1, 0.15) is 0 Å². The molecule has 1 N–H and O–H groups in total. The molecule has 0 bridgehead atoms. The summed E-state index contributed by atoms with van der Waals surface area (Å²) in [6.45, 7) is 29.8. The van der Waals surface area contributed by atoms with Crippen molar-refractivity contribution in [2.24, 2.45) is 0 Å². The first kappa shape index (κ1) is 24.7. The van der Waals surface area contributed by atoms with Crippen LogP contribution in [-0.4, -0.2) is 37.8 Å². The fourth-order valence-electron chi connectivity index (χ4n) is 0.829. The van der Waals surface area contributed by atoms with Crippen LogP contribution in [0.3, 0.4) is 0 Å². The highest BCUT2D eigenvalue weighted by Gasteiger charge is 2.32. The SMILES string of the molecule is C[Si](C)(C)C.C[Si](C)(C)O.[CH2+][Si](C)(C)O[Si](C)(C)C. The van der Waals surface area contributed by atoms with Gasteiger partial charge in [0.25, 0.3) is 0 Å². The topological polar surface area (TPSA) is 29.5 Å². The van der Waals surface area contributed by atoms with Crippen molar-refractivity contribution in [2.45, 2.75) is 78.6 Å². The predicted octanol–water partition coefficient (Wildman–Crippen LogP) is 5.18. The molecule has 0 aliphatic rings. The minimum absolute atomic E-state index is 0.611. The van der Waals surface area contributed by atoms with Crippen LogP contribution in [0.5, 0.6) is 0 Å². The molecule has 2 nitrogen and oxygen atoms in total. The summed E-state index contributed by atoms with van der Waals surface area (Å²) >= 11 is 0. The first-order chi connectivity index (χ1) is 7.71. The molecule has 19 heavy (non-hydrogen) atoms. The van der Waals surface area contributed by atoms with E-state index in [-0.39, 0.29) is 0 Å². The van der Waals surface area contributed by atoms with Crippen LogP contribution >= 0.6 is 0 Å². The van der Waals surface area contributed by atoms with E-state index in [9.17, 15) is 0 Å². The Morgan fingerprint density at radius 3 is 0.842 bits per heavy atom. The van der Waals surface area contributed by atoms with Crippen molar-refractivity contribution >= 4 is 33.0 Å². The second-order valence-electron chi connectivity index (χ2n) is 9.14. The van der Waals surface area contributed by atoms with Crippen molar-refractivity contribution in [3.63, 3.8) is 0 Å². The number of rotatable bonds is 2. The van der Waals surface area contributed by atoms with Crippen LogP contribution in [-0.2, 0) is 4.12 Å². The van der Waals surface area contributed by atoms with Crippen molar-refractivity contribution in [1.29, 1.82) is 0 Å². The Kier molecular flexibility index (Phi) is 11.5. The summed E-state index contributed by atoms with van der Waals surface area (Å²) in [5.41, 5.74) is 0. The Labute approximate surface area is 127 Å². The highest BCUT2D eigenvalue weighted by Crippen LogP contribution is 2.11. The fraction of sp³-hybridized carbons (Fsp3) is 0.923. The molecule has 0 spiro atoms. The summed E-state index contributed by atoms with van der Waals surface area (Å²) in [4.78, 5) is 8.66. The highest BCUT2D eigenvalue weighted by molar-refractivity contribution is 6.85. The maximum Gasteiger partial charge on any atom is 0.393 e. The van der Waals surface area contributed by atoms with Gasteiger partial charge in [-0.1, -0.05) is 26.2 Å². The van der Waals surface area contributed by atoms with E-state index >= 15 is 0 Å². The van der Waals surface area contributed by atoms with Gasteiger partial charge in [-0.25, -0.2) is 0 Å². The van der Waals surface area contributed by atoms with E-state index < -0.39 is 33.0 Å². The van der Waals surface area contributed by atoms with E-state index in [1.165, 1.54) is 0 Å². The smallest absolute Gasteiger partial charge is 0.393 e. The Morgan fingerprint density at radius 2 is 0.842 bits per heavy atom. The van der Waals surface area contributed by atoms with Crippen molar-refractivity contribution in [1.82, 2.24) is 0 Å². The van der Waals surface area contributed by atoms with Gasteiger partial charge in [-0.05, 0) is 52.4 Å². The van der Waals surface area contributed by atoms with Gasteiger partial charge in [0.15, 0.2) is 16.6 Å². The predicted molar refractivity (Wildman–Crippen MR) is 102 cm³/mol. The molecule has 0 aliphatic heterocycles. The van der Waals surface area contributed by atoms with E-state index in [0.717, 1.165) is 0 Å². The van der Waals surface area contributed by atoms with Gasteiger partial charge in [-0.3, -0.25) is 0 Å². The minimum atomic E-state index is -1.61. The van der Waals surface area contributed by atoms with E-state index in [4.69, 9.17) is 8.91 Å². The van der Waals surface area contributed by atoms with Crippen LogP contribution in [0.25, 0.3) is 0 Å². The molecule has 0 atom stereocenters. The van der Waals surface area contributed by atoms with Crippen LogP contribution in [0.15, 0.2) is 0 Å². The molecular weight excluding hydrogens is 300 g/mol. The summed E-state index contributed by atoms with van der Waals surface area (Å²) in [7, 11) is -5.00. The normalized spacial score (nSPS) is 12.9. The third-order valence-corrected chi connectivity index (χ3v) is 5.24. The molecule has 6 heteroatoms. The lowest BCUT2D eigenvalue weighted by Gasteiger charge is -2.21. The van der Waals surface area contributed by atoms with Gasteiger partial charge in [0.05, 0.1) is 0 Å². The van der Waals surface area contributed by atoms with Crippen LogP contribution in [0, 0.1) is 6.55 Å². The van der Waals surface area contributed by atoms with Crippen molar-refractivity contribution < 1.29 is 8.91 Å². The summed E-state index contributed by atoms with van der Waals surface area (Å²) in [5, 5.41) is 0. The molecule has 0 radical (unpaired) electrons. The van der Waals surface area contributed by atoms with E-state index in [0.29, 0.717) is 0 Å². The van der Waals surface area contributed by atoms with Gasteiger partial charge >= 0.3 is 8.32 Å². The minimum Gasteiger partial charge on any atom is -0.433 e. The molecule has 0 heterocycles. The van der Waals surface area contributed by atoms with Crippen molar-refractivity contribution in [3.05, 3.63) is 6.55 Å². The van der Waals surface area contributed by atoms with Crippen molar-refractivity contribution in [3.8, 4) is 0 Å². The molecule has 0 aromatic heterocycles. The standard InChI is InChI=1S/C6H17OSi2.C4H12Si.C3H10OSi/c1-8(2,3)7-9(4,5)6;2*1-5(2,3)4/h1H2,2-6H3;1-4H3;4H,1-3H3/q+1;;. The molecular formula is C13H39O2Si4+.